The summed E-state index contributed by atoms with van der Waals surface area (Å²) in [5.41, 5.74) is 0.679. The predicted molar refractivity (Wildman–Crippen MR) is 58.5 cm³/mol. The molecular weight excluding hydrogens is 217 g/mol. The molecule has 0 saturated heterocycles. The van der Waals surface area contributed by atoms with E-state index in [0.29, 0.717) is 18.0 Å². The van der Waals surface area contributed by atoms with Gasteiger partial charge in [-0.15, -0.1) is 11.6 Å². The third kappa shape index (κ3) is 4.79. The van der Waals surface area contributed by atoms with E-state index in [1.807, 2.05) is 0 Å². The van der Waals surface area contributed by atoms with Crippen molar-refractivity contribution in [2.45, 2.75) is 12.8 Å². The van der Waals surface area contributed by atoms with Crippen molar-refractivity contribution in [1.29, 1.82) is 0 Å². The van der Waals surface area contributed by atoms with E-state index in [0.717, 1.165) is 6.42 Å². The van der Waals surface area contributed by atoms with Crippen LogP contribution in [0.2, 0.25) is 0 Å². The minimum Gasteiger partial charge on any atom is -0.356 e. The number of amides is 1. The molecule has 1 aromatic rings. The molecule has 15 heavy (non-hydrogen) atoms. The summed E-state index contributed by atoms with van der Waals surface area (Å²) < 4.78 is 12.8. The Morgan fingerprint density at radius 3 is 2.93 bits per heavy atom. The summed E-state index contributed by atoms with van der Waals surface area (Å²) in [5, 5.41) is 2.71. The number of benzene rings is 1. The number of nitrogens with one attached hydrogen (secondary N) is 1. The van der Waals surface area contributed by atoms with E-state index >= 15 is 0 Å². The quantitative estimate of drug-likeness (QED) is 0.608. The second-order valence-electron chi connectivity index (χ2n) is 3.20. The van der Waals surface area contributed by atoms with Crippen LogP contribution >= 0.6 is 11.6 Å². The van der Waals surface area contributed by atoms with E-state index in [4.69, 9.17) is 11.6 Å². The third-order valence-electron chi connectivity index (χ3n) is 1.89. The first kappa shape index (κ1) is 12.0. The van der Waals surface area contributed by atoms with Crippen LogP contribution < -0.4 is 5.32 Å². The summed E-state index contributed by atoms with van der Waals surface area (Å²) in [5.74, 6) is 0.104. The van der Waals surface area contributed by atoms with Crippen molar-refractivity contribution in [2.75, 3.05) is 12.4 Å². The lowest BCUT2D eigenvalue weighted by atomic mass is 10.1. The summed E-state index contributed by atoms with van der Waals surface area (Å²) >= 11 is 5.47. The number of hydrogen-bond donors (Lipinski definition) is 1. The summed E-state index contributed by atoms with van der Waals surface area (Å²) in [6.45, 7) is 0.567. The number of hydrogen-bond acceptors (Lipinski definition) is 1. The van der Waals surface area contributed by atoms with E-state index in [9.17, 15) is 9.18 Å². The molecule has 0 radical (unpaired) electrons. The van der Waals surface area contributed by atoms with Gasteiger partial charge in [0.25, 0.3) is 0 Å². The first-order chi connectivity index (χ1) is 7.22. The van der Waals surface area contributed by atoms with Crippen LogP contribution in [0.4, 0.5) is 4.39 Å². The molecule has 0 aliphatic heterocycles. The number of carbonyl (C=O) groups excluding carboxylic acids is 1. The van der Waals surface area contributed by atoms with Crippen LogP contribution in [0, 0.1) is 5.82 Å². The maximum Gasteiger partial charge on any atom is 0.224 e. The normalized spacial score (nSPS) is 10.0. The van der Waals surface area contributed by atoms with Crippen molar-refractivity contribution in [2.24, 2.45) is 0 Å². The Balaban J connectivity index is 2.37. The lowest BCUT2D eigenvalue weighted by Crippen LogP contribution is -2.26. The van der Waals surface area contributed by atoms with Gasteiger partial charge in [-0.3, -0.25) is 4.79 Å². The molecule has 1 rings (SSSR count). The smallest absolute Gasteiger partial charge is 0.224 e. The maximum absolute atomic E-state index is 12.8. The standard InChI is InChI=1S/C11H13ClFNO/c12-5-2-6-14-11(15)8-9-3-1-4-10(13)7-9/h1,3-4,7H,2,5-6,8H2,(H,14,15). The Morgan fingerprint density at radius 2 is 2.27 bits per heavy atom. The average molecular weight is 230 g/mol. The van der Waals surface area contributed by atoms with Gasteiger partial charge in [0.2, 0.25) is 5.91 Å². The number of rotatable bonds is 5. The molecule has 1 aromatic carbocycles. The van der Waals surface area contributed by atoms with Crippen molar-refractivity contribution in [3.05, 3.63) is 35.6 Å². The fraction of sp³-hybridized carbons (Fsp3) is 0.364. The molecule has 0 spiro atoms. The van der Waals surface area contributed by atoms with Gasteiger partial charge in [0.05, 0.1) is 6.42 Å². The van der Waals surface area contributed by atoms with E-state index in [2.05, 4.69) is 5.32 Å². The van der Waals surface area contributed by atoms with Gasteiger partial charge in [-0.25, -0.2) is 4.39 Å². The summed E-state index contributed by atoms with van der Waals surface area (Å²) in [6.07, 6.45) is 0.955. The van der Waals surface area contributed by atoms with E-state index in [1.54, 1.807) is 12.1 Å². The molecule has 0 fully saturated rings. The van der Waals surface area contributed by atoms with Crippen molar-refractivity contribution < 1.29 is 9.18 Å². The second-order valence-corrected chi connectivity index (χ2v) is 3.58. The zero-order chi connectivity index (χ0) is 11.1. The first-order valence-corrected chi connectivity index (χ1v) is 5.33. The van der Waals surface area contributed by atoms with Crippen molar-refractivity contribution in [3.8, 4) is 0 Å². The Labute approximate surface area is 93.4 Å². The summed E-state index contributed by atoms with van der Waals surface area (Å²) in [4.78, 5) is 11.3. The first-order valence-electron chi connectivity index (χ1n) is 4.79. The highest BCUT2D eigenvalue weighted by molar-refractivity contribution is 6.17. The van der Waals surface area contributed by atoms with Gasteiger partial charge in [0, 0.05) is 12.4 Å². The molecule has 0 aliphatic rings. The van der Waals surface area contributed by atoms with Crippen LogP contribution in [0.3, 0.4) is 0 Å². The molecule has 4 heteroatoms. The minimum absolute atomic E-state index is 0.106. The van der Waals surface area contributed by atoms with Gasteiger partial charge in [0.1, 0.15) is 5.82 Å². The topological polar surface area (TPSA) is 29.1 Å². The Bertz CT molecular complexity index is 330. The van der Waals surface area contributed by atoms with Gasteiger partial charge in [-0.1, -0.05) is 12.1 Å². The van der Waals surface area contributed by atoms with Crippen LogP contribution in [0.1, 0.15) is 12.0 Å². The van der Waals surface area contributed by atoms with Crippen LogP contribution in [0.15, 0.2) is 24.3 Å². The van der Waals surface area contributed by atoms with Crippen LogP contribution in [-0.4, -0.2) is 18.3 Å². The highest BCUT2D eigenvalue weighted by Gasteiger charge is 2.02. The lowest BCUT2D eigenvalue weighted by Gasteiger charge is -2.03. The molecule has 2 nitrogen and oxygen atoms in total. The highest BCUT2D eigenvalue weighted by atomic mass is 35.5. The molecule has 0 aromatic heterocycles. The van der Waals surface area contributed by atoms with Crippen molar-refractivity contribution in [1.82, 2.24) is 5.32 Å². The predicted octanol–water partition coefficient (Wildman–Crippen LogP) is 2.11. The summed E-state index contributed by atoms with van der Waals surface area (Å²) in [6, 6.07) is 6.04. The maximum atomic E-state index is 12.8. The Morgan fingerprint density at radius 1 is 1.47 bits per heavy atom. The second kappa shape index (κ2) is 6.40. The summed E-state index contributed by atoms with van der Waals surface area (Å²) in [7, 11) is 0. The molecule has 0 atom stereocenters. The Hall–Kier alpha value is -1.09. The lowest BCUT2D eigenvalue weighted by molar-refractivity contribution is -0.120. The van der Waals surface area contributed by atoms with E-state index in [1.165, 1.54) is 12.1 Å². The van der Waals surface area contributed by atoms with Gasteiger partial charge in [-0.2, -0.15) is 0 Å². The largest absolute Gasteiger partial charge is 0.356 e. The fourth-order valence-corrected chi connectivity index (χ4v) is 1.32. The van der Waals surface area contributed by atoms with Gasteiger partial charge in [0.15, 0.2) is 0 Å². The monoisotopic (exact) mass is 229 g/mol. The minimum atomic E-state index is -0.318. The van der Waals surface area contributed by atoms with Crippen molar-refractivity contribution in [3.63, 3.8) is 0 Å². The van der Waals surface area contributed by atoms with Gasteiger partial charge < -0.3 is 5.32 Å². The highest BCUT2D eigenvalue weighted by Crippen LogP contribution is 2.03. The molecule has 1 amide bonds. The van der Waals surface area contributed by atoms with Gasteiger partial charge in [-0.05, 0) is 24.1 Å². The van der Waals surface area contributed by atoms with Crippen molar-refractivity contribution >= 4 is 17.5 Å². The third-order valence-corrected chi connectivity index (χ3v) is 2.15. The number of carbonyl (C=O) groups is 1. The molecule has 0 aliphatic carbocycles. The fourth-order valence-electron chi connectivity index (χ4n) is 1.19. The van der Waals surface area contributed by atoms with Gasteiger partial charge >= 0.3 is 0 Å². The zero-order valence-electron chi connectivity index (χ0n) is 8.30. The zero-order valence-corrected chi connectivity index (χ0v) is 9.06. The molecule has 0 bridgehead atoms. The molecule has 1 N–H and O–H groups in total. The van der Waals surface area contributed by atoms with Crippen LogP contribution in [-0.2, 0) is 11.2 Å². The van der Waals surface area contributed by atoms with Crippen LogP contribution in [0.25, 0.3) is 0 Å². The molecular formula is C11H13ClFNO. The SMILES string of the molecule is O=C(Cc1cccc(F)c1)NCCCCl. The van der Waals surface area contributed by atoms with Crippen LogP contribution in [0.5, 0.6) is 0 Å². The molecule has 0 heterocycles. The molecule has 0 unspecified atom stereocenters. The number of halogens is 2. The Kier molecular flexibility index (Phi) is 5.12. The molecule has 82 valence electrons. The van der Waals surface area contributed by atoms with E-state index < -0.39 is 0 Å². The average Bonchev–Trinajstić information content (AvgIpc) is 2.18. The number of alkyl halides is 1. The van der Waals surface area contributed by atoms with E-state index in [-0.39, 0.29) is 18.1 Å². The molecule has 0 saturated carbocycles.